The maximum atomic E-state index is 12.9. The van der Waals surface area contributed by atoms with Gasteiger partial charge in [0.25, 0.3) is 5.91 Å². The zero-order valence-electron chi connectivity index (χ0n) is 15.4. The lowest BCUT2D eigenvalue weighted by Gasteiger charge is -2.38. The predicted molar refractivity (Wildman–Crippen MR) is 112 cm³/mol. The fourth-order valence-electron chi connectivity index (χ4n) is 3.30. The molecule has 3 heterocycles. The highest BCUT2D eigenvalue weighted by Crippen LogP contribution is 2.40. The Morgan fingerprint density at radius 2 is 2.25 bits per heavy atom. The summed E-state index contributed by atoms with van der Waals surface area (Å²) in [7, 11) is 3.62. The summed E-state index contributed by atoms with van der Waals surface area (Å²) >= 11 is 0.0758. The first-order valence-corrected chi connectivity index (χ1v) is 10.8. The molecule has 0 spiro atoms. The van der Waals surface area contributed by atoms with Crippen LogP contribution in [0.4, 0.5) is 17.5 Å². The third-order valence-corrected chi connectivity index (χ3v) is 6.51. The van der Waals surface area contributed by atoms with E-state index < -0.39 is 17.4 Å². The lowest BCUT2D eigenvalue weighted by Crippen LogP contribution is -2.45. The minimum absolute atomic E-state index is 0.00979. The summed E-state index contributed by atoms with van der Waals surface area (Å²) in [6, 6.07) is 3.47. The molecule has 3 unspecified atom stereocenters. The quantitative estimate of drug-likeness (QED) is 0.733. The number of rotatable bonds is 4. The predicted octanol–water partition coefficient (Wildman–Crippen LogP) is 1.94. The van der Waals surface area contributed by atoms with E-state index in [1.165, 1.54) is 0 Å². The number of carbonyl (C=O) groups excluding carboxylic acids is 1. The Bertz CT molecular complexity index is 944. The summed E-state index contributed by atoms with van der Waals surface area (Å²) in [6.45, 7) is 0. The van der Waals surface area contributed by atoms with Crippen LogP contribution in [0.1, 0.15) is 17.3 Å². The molecule has 3 atom stereocenters. The molecule has 1 aliphatic carbocycles. The van der Waals surface area contributed by atoms with E-state index in [9.17, 15) is 9.35 Å². The van der Waals surface area contributed by atoms with Gasteiger partial charge in [0.1, 0.15) is 11.7 Å². The van der Waals surface area contributed by atoms with Crippen LogP contribution in [0.15, 0.2) is 46.8 Å². The van der Waals surface area contributed by atoms with Crippen molar-refractivity contribution in [1.29, 1.82) is 0 Å². The zero-order chi connectivity index (χ0) is 19.8. The van der Waals surface area contributed by atoms with Gasteiger partial charge in [0.15, 0.2) is 10.7 Å². The third-order valence-electron chi connectivity index (χ3n) is 4.82. The summed E-state index contributed by atoms with van der Waals surface area (Å²) < 4.78 is 11.3. The van der Waals surface area contributed by atoms with Crippen LogP contribution in [0.3, 0.4) is 0 Å². The Kier molecular flexibility index (Phi) is 5.11. The largest absolute Gasteiger partial charge is 0.593 e. The lowest BCUT2D eigenvalue weighted by molar-refractivity contribution is -0.119. The summed E-state index contributed by atoms with van der Waals surface area (Å²) in [5, 5.41) is 10.6. The molecule has 1 aliphatic heterocycles. The average molecular weight is 417 g/mol. The Hall–Kier alpha value is -2.40. The number of hydrogen-bond acceptors (Lipinski definition) is 8. The van der Waals surface area contributed by atoms with Crippen molar-refractivity contribution in [1.82, 2.24) is 9.97 Å². The SMILES string of the molecule is CN1C(=O)C(c2cccs2)N(C)c2nc(NC3C=CC([S+](N)[O-])=CC3)ncc21. The highest BCUT2D eigenvalue weighted by atomic mass is 32.2. The van der Waals surface area contributed by atoms with Crippen molar-refractivity contribution in [2.45, 2.75) is 18.5 Å². The van der Waals surface area contributed by atoms with Crippen LogP contribution in [0, 0.1) is 0 Å². The number of allylic oxidation sites excluding steroid dienone is 1. The van der Waals surface area contributed by atoms with Crippen LogP contribution in [0.25, 0.3) is 0 Å². The van der Waals surface area contributed by atoms with Gasteiger partial charge in [-0.05, 0) is 30.0 Å². The topological polar surface area (TPSA) is 110 Å². The second-order valence-corrected chi connectivity index (χ2v) is 8.62. The van der Waals surface area contributed by atoms with Crippen molar-refractivity contribution in [2.24, 2.45) is 5.14 Å². The van der Waals surface area contributed by atoms with Crippen molar-refractivity contribution < 1.29 is 9.35 Å². The molecule has 2 aromatic heterocycles. The molecule has 146 valence electrons. The highest BCUT2D eigenvalue weighted by Gasteiger charge is 2.37. The van der Waals surface area contributed by atoms with Crippen LogP contribution >= 0.6 is 11.3 Å². The van der Waals surface area contributed by atoms with E-state index in [4.69, 9.17) is 5.14 Å². The van der Waals surface area contributed by atoms with E-state index in [1.807, 2.05) is 41.6 Å². The number of carbonyl (C=O) groups is 1. The third kappa shape index (κ3) is 3.39. The molecule has 3 N–H and O–H groups in total. The average Bonchev–Trinajstić information content (AvgIpc) is 3.21. The molecular weight excluding hydrogens is 396 g/mol. The number of nitrogens with two attached hydrogens (primary N) is 1. The number of aromatic nitrogens is 2. The van der Waals surface area contributed by atoms with Crippen molar-refractivity contribution >= 4 is 46.1 Å². The number of nitrogens with one attached hydrogen (secondary N) is 1. The number of nitrogens with zero attached hydrogens (tertiary/aromatic N) is 4. The van der Waals surface area contributed by atoms with Crippen LogP contribution in [-0.2, 0) is 16.2 Å². The standard InChI is InChI=1S/C18H20N6O2S2/c1-23-13-10-20-18(21-11-5-7-12(8-6-11)28(19)26)22-16(13)24(2)15(17(23)25)14-4-3-9-27-14/h3-5,7-11,15H,6,19H2,1-2H3,(H,20,21,22). The molecular formula is C18H20N6O2S2. The molecule has 2 aromatic rings. The minimum Gasteiger partial charge on any atom is -0.593 e. The first kappa shape index (κ1) is 18.9. The molecule has 10 heteroatoms. The molecule has 2 aliphatic rings. The molecule has 0 saturated carbocycles. The molecule has 0 fully saturated rings. The zero-order valence-corrected chi connectivity index (χ0v) is 17.0. The molecule has 8 nitrogen and oxygen atoms in total. The summed E-state index contributed by atoms with van der Waals surface area (Å²) in [6.07, 6.45) is 7.79. The van der Waals surface area contributed by atoms with Crippen LogP contribution in [0.5, 0.6) is 0 Å². The van der Waals surface area contributed by atoms with Gasteiger partial charge in [-0.15, -0.1) is 16.5 Å². The van der Waals surface area contributed by atoms with Gasteiger partial charge in [0, 0.05) is 19.0 Å². The van der Waals surface area contributed by atoms with E-state index in [-0.39, 0.29) is 11.9 Å². The summed E-state index contributed by atoms with van der Waals surface area (Å²) in [5.41, 5.74) is 0.672. The number of hydrogen-bond donors (Lipinski definition) is 2. The first-order valence-electron chi connectivity index (χ1n) is 8.67. The van der Waals surface area contributed by atoms with Crippen LogP contribution in [-0.4, -0.2) is 40.6 Å². The maximum Gasteiger partial charge on any atom is 0.255 e. The number of likely N-dealkylation sites (N-methyl/N-ethyl adjacent to an activating group) is 2. The molecule has 28 heavy (non-hydrogen) atoms. The van der Waals surface area contributed by atoms with E-state index in [2.05, 4.69) is 15.3 Å². The Labute approximate surface area is 170 Å². The molecule has 0 saturated heterocycles. The van der Waals surface area contributed by atoms with Gasteiger partial charge >= 0.3 is 0 Å². The van der Waals surface area contributed by atoms with Gasteiger partial charge in [-0.2, -0.15) is 4.98 Å². The van der Waals surface area contributed by atoms with E-state index in [0.717, 1.165) is 4.88 Å². The van der Waals surface area contributed by atoms with Gasteiger partial charge in [-0.1, -0.05) is 12.1 Å². The van der Waals surface area contributed by atoms with E-state index in [0.29, 0.717) is 28.8 Å². The van der Waals surface area contributed by atoms with Crippen molar-refractivity contribution in [2.75, 3.05) is 29.2 Å². The second kappa shape index (κ2) is 7.55. The van der Waals surface area contributed by atoms with Gasteiger partial charge in [0.2, 0.25) is 5.95 Å². The molecule has 4 rings (SSSR count). The molecule has 1 amide bonds. The first-order chi connectivity index (χ1) is 13.5. The highest BCUT2D eigenvalue weighted by molar-refractivity contribution is 7.93. The fraction of sp³-hybridized carbons (Fsp3) is 0.278. The monoisotopic (exact) mass is 416 g/mol. The smallest absolute Gasteiger partial charge is 0.255 e. The maximum absolute atomic E-state index is 12.9. The van der Waals surface area contributed by atoms with Crippen molar-refractivity contribution in [3.8, 4) is 0 Å². The van der Waals surface area contributed by atoms with Crippen molar-refractivity contribution in [3.63, 3.8) is 0 Å². The summed E-state index contributed by atoms with van der Waals surface area (Å²) in [4.78, 5) is 27.0. The Balaban J connectivity index is 1.58. The molecule has 0 bridgehead atoms. The minimum atomic E-state index is -1.47. The van der Waals surface area contributed by atoms with E-state index in [1.54, 1.807) is 35.6 Å². The normalized spacial score (nSPS) is 22.7. The number of anilines is 3. The van der Waals surface area contributed by atoms with Gasteiger partial charge < -0.3 is 19.7 Å². The Morgan fingerprint density at radius 1 is 1.43 bits per heavy atom. The Morgan fingerprint density at radius 3 is 2.89 bits per heavy atom. The number of fused-ring (bicyclic) bond motifs is 1. The number of thiophene rings is 1. The van der Waals surface area contributed by atoms with Gasteiger partial charge in [-0.25, -0.2) is 4.98 Å². The molecule has 0 aromatic carbocycles. The van der Waals surface area contributed by atoms with E-state index >= 15 is 0 Å². The second-order valence-electron chi connectivity index (χ2n) is 6.58. The van der Waals surface area contributed by atoms with Gasteiger partial charge in [0.05, 0.1) is 23.6 Å². The summed E-state index contributed by atoms with van der Waals surface area (Å²) in [5.74, 6) is 1.15. The fourth-order valence-corrected chi connectivity index (χ4v) is 4.64. The van der Waals surface area contributed by atoms with Crippen LogP contribution < -0.4 is 20.3 Å². The number of amides is 1. The van der Waals surface area contributed by atoms with Gasteiger partial charge in [-0.3, -0.25) is 4.79 Å². The van der Waals surface area contributed by atoms with Crippen LogP contribution in [0.2, 0.25) is 0 Å². The van der Waals surface area contributed by atoms with Crippen molar-refractivity contribution in [3.05, 3.63) is 51.7 Å². The molecule has 0 radical (unpaired) electrons. The lowest BCUT2D eigenvalue weighted by atomic mass is 10.1.